The van der Waals surface area contributed by atoms with Crippen molar-refractivity contribution in [2.24, 2.45) is 5.41 Å². The second kappa shape index (κ2) is 7.73. The van der Waals surface area contributed by atoms with E-state index in [9.17, 15) is 14.4 Å². The van der Waals surface area contributed by atoms with Crippen LogP contribution in [0.5, 0.6) is 0 Å². The Balaban J connectivity index is 2.40. The van der Waals surface area contributed by atoms with E-state index >= 15 is 0 Å². The quantitative estimate of drug-likeness (QED) is 0.669. The molecule has 0 aliphatic heterocycles. The number of carbonyl (C=O) groups excluding carboxylic acids is 3. The molecule has 1 rings (SSSR count). The van der Waals surface area contributed by atoms with Gasteiger partial charge in [0.1, 0.15) is 6.04 Å². The van der Waals surface area contributed by atoms with Crippen LogP contribution in [0.25, 0.3) is 0 Å². The van der Waals surface area contributed by atoms with Crippen molar-refractivity contribution in [1.82, 2.24) is 5.32 Å². The van der Waals surface area contributed by atoms with Crippen LogP contribution in [0.2, 0.25) is 0 Å². The zero-order valence-corrected chi connectivity index (χ0v) is 13.5. The highest BCUT2D eigenvalue weighted by Gasteiger charge is 2.28. The molecule has 0 unspecified atom stereocenters. The monoisotopic (exact) mass is 305 g/mol. The SMILES string of the molecule is C[C@H](NC(=O)CCc1ccccc1)C(=O)OC(=O)C(C)(C)C. The molecule has 5 nitrogen and oxygen atoms in total. The lowest BCUT2D eigenvalue weighted by Crippen LogP contribution is -2.41. The molecule has 0 radical (unpaired) electrons. The molecule has 0 heterocycles. The number of benzene rings is 1. The van der Waals surface area contributed by atoms with Crippen LogP contribution in [0, 0.1) is 5.41 Å². The first-order chi connectivity index (χ1) is 10.2. The second-order valence-corrected chi connectivity index (χ2v) is 6.23. The van der Waals surface area contributed by atoms with Gasteiger partial charge in [-0.1, -0.05) is 30.3 Å². The summed E-state index contributed by atoms with van der Waals surface area (Å²) in [5.41, 5.74) is 0.294. The van der Waals surface area contributed by atoms with Gasteiger partial charge in [0.2, 0.25) is 5.91 Å². The third-order valence-corrected chi connectivity index (χ3v) is 3.02. The number of carbonyl (C=O) groups is 3. The predicted molar refractivity (Wildman–Crippen MR) is 82.9 cm³/mol. The highest BCUT2D eigenvalue weighted by molar-refractivity contribution is 5.92. The summed E-state index contributed by atoms with van der Waals surface area (Å²) in [5, 5.41) is 2.54. The van der Waals surface area contributed by atoms with E-state index in [0.29, 0.717) is 6.42 Å². The maximum atomic E-state index is 11.8. The summed E-state index contributed by atoms with van der Waals surface area (Å²) < 4.78 is 4.75. The van der Waals surface area contributed by atoms with Crippen LogP contribution in [0.3, 0.4) is 0 Å². The topological polar surface area (TPSA) is 72.5 Å². The van der Waals surface area contributed by atoms with E-state index in [1.54, 1.807) is 20.8 Å². The normalized spacial score (nSPS) is 12.4. The van der Waals surface area contributed by atoms with E-state index in [2.05, 4.69) is 5.32 Å². The second-order valence-electron chi connectivity index (χ2n) is 6.23. The Labute approximate surface area is 131 Å². The van der Waals surface area contributed by atoms with Gasteiger partial charge in [0.25, 0.3) is 0 Å². The summed E-state index contributed by atoms with van der Waals surface area (Å²) in [5.74, 6) is -1.60. The first-order valence-electron chi connectivity index (χ1n) is 7.29. The Hall–Kier alpha value is -2.17. The maximum absolute atomic E-state index is 11.8. The Morgan fingerprint density at radius 3 is 2.27 bits per heavy atom. The average molecular weight is 305 g/mol. The number of rotatable bonds is 5. The summed E-state index contributed by atoms with van der Waals surface area (Å²) in [4.78, 5) is 35.2. The molecular weight excluding hydrogens is 282 g/mol. The fourth-order valence-electron chi connectivity index (χ4n) is 1.61. The molecule has 1 atom stereocenters. The molecule has 0 aliphatic carbocycles. The minimum absolute atomic E-state index is 0.253. The summed E-state index contributed by atoms with van der Waals surface area (Å²) in [6, 6.07) is 8.75. The third-order valence-electron chi connectivity index (χ3n) is 3.02. The van der Waals surface area contributed by atoms with Gasteiger partial charge in [-0.2, -0.15) is 0 Å². The van der Waals surface area contributed by atoms with Gasteiger partial charge in [-0.05, 0) is 39.7 Å². The fraction of sp³-hybridized carbons (Fsp3) is 0.471. The summed E-state index contributed by atoms with van der Waals surface area (Å²) in [7, 11) is 0. The number of nitrogens with one attached hydrogen (secondary N) is 1. The van der Waals surface area contributed by atoms with Gasteiger partial charge in [0, 0.05) is 6.42 Å². The van der Waals surface area contributed by atoms with Gasteiger partial charge in [0.15, 0.2) is 0 Å². The molecule has 1 N–H and O–H groups in total. The van der Waals surface area contributed by atoms with Crippen LogP contribution in [-0.2, 0) is 25.5 Å². The molecule has 0 aromatic heterocycles. The van der Waals surface area contributed by atoms with Crippen molar-refractivity contribution in [2.75, 3.05) is 0 Å². The van der Waals surface area contributed by atoms with E-state index in [0.717, 1.165) is 5.56 Å². The molecule has 22 heavy (non-hydrogen) atoms. The lowest BCUT2D eigenvalue weighted by molar-refractivity contribution is -0.167. The number of hydrogen-bond donors (Lipinski definition) is 1. The molecule has 0 bridgehead atoms. The minimum Gasteiger partial charge on any atom is -0.391 e. The van der Waals surface area contributed by atoms with Gasteiger partial charge < -0.3 is 10.1 Å². The fourth-order valence-corrected chi connectivity index (χ4v) is 1.61. The molecule has 1 aromatic rings. The molecule has 1 amide bonds. The van der Waals surface area contributed by atoms with Crippen molar-refractivity contribution in [3.8, 4) is 0 Å². The van der Waals surface area contributed by atoms with E-state index in [1.807, 2.05) is 30.3 Å². The molecule has 0 fully saturated rings. The Bertz CT molecular complexity index is 531. The van der Waals surface area contributed by atoms with Crippen LogP contribution in [0.4, 0.5) is 0 Å². The number of amides is 1. The van der Waals surface area contributed by atoms with Crippen LogP contribution in [0.15, 0.2) is 30.3 Å². The highest BCUT2D eigenvalue weighted by Crippen LogP contribution is 2.15. The number of hydrogen-bond acceptors (Lipinski definition) is 4. The van der Waals surface area contributed by atoms with Crippen LogP contribution in [0.1, 0.15) is 39.7 Å². The van der Waals surface area contributed by atoms with Gasteiger partial charge in [-0.15, -0.1) is 0 Å². The van der Waals surface area contributed by atoms with Crippen molar-refractivity contribution in [3.63, 3.8) is 0 Å². The van der Waals surface area contributed by atoms with Crippen LogP contribution in [-0.4, -0.2) is 23.9 Å². The molecule has 1 aromatic carbocycles. The van der Waals surface area contributed by atoms with Crippen molar-refractivity contribution in [2.45, 2.75) is 46.6 Å². The zero-order chi connectivity index (χ0) is 16.8. The number of aryl methyl sites for hydroxylation is 1. The Morgan fingerprint density at radius 1 is 1.14 bits per heavy atom. The third kappa shape index (κ3) is 6.08. The first-order valence-corrected chi connectivity index (χ1v) is 7.29. The van der Waals surface area contributed by atoms with Gasteiger partial charge >= 0.3 is 11.9 Å². The summed E-state index contributed by atoms with van der Waals surface area (Å²) in [6.07, 6.45) is 0.865. The van der Waals surface area contributed by atoms with E-state index in [-0.39, 0.29) is 12.3 Å². The number of esters is 2. The van der Waals surface area contributed by atoms with Gasteiger partial charge in [-0.3, -0.25) is 9.59 Å². The maximum Gasteiger partial charge on any atom is 0.335 e. The summed E-state index contributed by atoms with van der Waals surface area (Å²) >= 11 is 0. The summed E-state index contributed by atoms with van der Waals surface area (Å²) in [6.45, 7) is 6.47. The number of ether oxygens (including phenoxy) is 1. The molecule has 5 heteroatoms. The van der Waals surface area contributed by atoms with Crippen molar-refractivity contribution in [3.05, 3.63) is 35.9 Å². The van der Waals surface area contributed by atoms with Gasteiger partial charge in [0.05, 0.1) is 5.41 Å². The van der Waals surface area contributed by atoms with Crippen molar-refractivity contribution >= 4 is 17.8 Å². The standard InChI is InChI=1S/C17H23NO4/c1-12(15(20)22-16(21)17(2,3)4)18-14(19)11-10-13-8-6-5-7-9-13/h5-9,12H,10-11H2,1-4H3,(H,18,19)/t12-/m0/s1. The Kier molecular flexibility index (Phi) is 6.28. The highest BCUT2D eigenvalue weighted by atomic mass is 16.6. The van der Waals surface area contributed by atoms with E-state index in [4.69, 9.17) is 4.74 Å². The zero-order valence-electron chi connectivity index (χ0n) is 13.5. The molecule has 0 spiro atoms. The smallest absolute Gasteiger partial charge is 0.335 e. The molecule has 0 saturated heterocycles. The van der Waals surface area contributed by atoms with Crippen LogP contribution < -0.4 is 5.32 Å². The largest absolute Gasteiger partial charge is 0.391 e. The van der Waals surface area contributed by atoms with E-state index in [1.165, 1.54) is 6.92 Å². The Morgan fingerprint density at radius 2 is 1.73 bits per heavy atom. The average Bonchev–Trinajstić information content (AvgIpc) is 2.45. The predicted octanol–water partition coefficient (Wildman–Crippen LogP) is 2.24. The lowest BCUT2D eigenvalue weighted by Gasteiger charge is -2.18. The van der Waals surface area contributed by atoms with Crippen molar-refractivity contribution < 1.29 is 19.1 Å². The van der Waals surface area contributed by atoms with Crippen LogP contribution >= 0.6 is 0 Å². The lowest BCUT2D eigenvalue weighted by atomic mass is 9.97. The molecule has 120 valence electrons. The van der Waals surface area contributed by atoms with Gasteiger partial charge in [-0.25, -0.2) is 4.79 Å². The molecule has 0 saturated carbocycles. The van der Waals surface area contributed by atoms with Crippen molar-refractivity contribution in [1.29, 1.82) is 0 Å². The first kappa shape index (κ1) is 17.9. The minimum atomic E-state index is -0.852. The molecule has 0 aliphatic rings. The molecular formula is C17H23NO4. The van der Waals surface area contributed by atoms with E-state index < -0.39 is 23.4 Å².